The Kier molecular flexibility index (Phi) is 6.89. The van der Waals surface area contributed by atoms with Crippen molar-refractivity contribution in [3.63, 3.8) is 0 Å². The van der Waals surface area contributed by atoms with E-state index in [0.717, 1.165) is 33.4 Å². The van der Waals surface area contributed by atoms with Crippen molar-refractivity contribution in [1.29, 1.82) is 0 Å². The molecule has 0 bridgehead atoms. The highest BCUT2D eigenvalue weighted by atomic mass is 16.5. The van der Waals surface area contributed by atoms with E-state index in [2.05, 4.69) is 6.58 Å². The second-order valence-electron chi connectivity index (χ2n) is 8.43. The van der Waals surface area contributed by atoms with E-state index < -0.39 is 5.91 Å². The van der Waals surface area contributed by atoms with Gasteiger partial charge in [-0.1, -0.05) is 36.9 Å². The van der Waals surface area contributed by atoms with Crippen LogP contribution in [0.4, 0.5) is 0 Å². The normalized spacial score (nSPS) is 12.5. The predicted molar refractivity (Wildman–Crippen MR) is 134 cm³/mol. The van der Waals surface area contributed by atoms with Crippen molar-refractivity contribution < 1.29 is 24.3 Å². The van der Waals surface area contributed by atoms with E-state index in [1.165, 1.54) is 0 Å². The molecule has 0 saturated carbocycles. The third-order valence-corrected chi connectivity index (χ3v) is 6.48. The molecule has 1 aliphatic rings. The Morgan fingerprint density at radius 3 is 2.49 bits per heavy atom. The third-order valence-electron chi connectivity index (χ3n) is 6.48. The topological polar surface area (TPSA) is 88.1 Å². The number of hydrogen-bond donors (Lipinski definition) is 2. The molecule has 0 spiro atoms. The van der Waals surface area contributed by atoms with Crippen LogP contribution in [0.1, 0.15) is 32.6 Å². The summed E-state index contributed by atoms with van der Waals surface area (Å²) in [5.74, 6) is 0.545. The molecule has 0 atom stereocenters. The molecule has 180 valence electrons. The molecule has 2 N–H and O–H groups in total. The molecule has 3 aromatic carbocycles. The van der Waals surface area contributed by atoms with Crippen molar-refractivity contribution in [1.82, 2.24) is 10.4 Å². The minimum absolute atomic E-state index is 0.153. The molecule has 1 aliphatic heterocycles. The summed E-state index contributed by atoms with van der Waals surface area (Å²) in [7, 11) is 3.20. The first-order valence-electron chi connectivity index (χ1n) is 11.2. The molecule has 1 heterocycles. The fraction of sp³-hybridized carbons (Fsp3) is 0.214. The number of nitrogens with zero attached hydrogens (tertiary/aromatic N) is 1. The van der Waals surface area contributed by atoms with Crippen LogP contribution in [0.2, 0.25) is 0 Å². The average Bonchev–Trinajstić information content (AvgIpc) is 2.90. The summed E-state index contributed by atoms with van der Waals surface area (Å²) in [6.45, 7) is 7.05. The van der Waals surface area contributed by atoms with Crippen LogP contribution in [-0.4, -0.2) is 42.7 Å². The number of methoxy groups -OCH3 is 2. The largest absolute Gasteiger partial charge is 0.493 e. The summed E-state index contributed by atoms with van der Waals surface area (Å²) >= 11 is 0. The van der Waals surface area contributed by atoms with Crippen LogP contribution >= 0.6 is 0 Å². The molecular formula is C28H28N2O5. The van der Waals surface area contributed by atoms with Gasteiger partial charge in [0, 0.05) is 24.2 Å². The summed E-state index contributed by atoms with van der Waals surface area (Å²) < 4.78 is 10.8. The molecule has 0 aromatic heterocycles. The predicted octanol–water partition coefficient (Wildman–Crippen LogP) is 4.40. The van der Waals surface area contributed by atoms with Crippen LogP contribution in [-0.2, 0) is 17.8 Å². The zero-order valence-corrected chi connectivity index (χ0v) is 20.1. The van der Waals surface area contributed by atoms with Gasteiger partial charge in [0.2, 0.25) is 0 Å². The molecule has 0 radical (unpaired) electrons. The quantitative estimate of drug-likeness (QED) is 0.316. The molecule has 0 fully saturated rings. The van der Waals surface area contributed by atoms with Crippen LogP contribution in [0.25, 0.3) is 16.7 Å². The van der Waals surface area contributed by atoms with Gasteiger partial charge in [-0.05, 0) is 71.0 Å². The number of fused-ring (bicyclic) bond motifs is 1. The number of rotatable bonds is 6. The number of nitrogens with one attached hydrogen (secondary N) is 1. The minimum Gasteiger partial charge on any atom is -0.493 e. The summed E-state index contributed by atoms with van der Waals surface area (Å²) in [5.41, 5.74) is 8.02. The summed E-state index contributed by atoms with van der Waals surface area (Å²) in [6.07, 6.45) is 0.681. The van der Waals surface area contributed by atoms with E-state index >= 15 is 0 Å². The SMILES string of the molecule is C=C(C(=O)N1CCc2ccc(C(=O)NO)cc2C1)c1cccc(-c2ccc(OC)c(OC)c2)c1C. The first kappa shape index (κ1) is 24.0. The lowest BCUT2D eigenvalue weighted by atomic mass is 9.91. The Hall–Kier alpha value is -4.10. The molecule has 0 aliphatic carbocycles. The van der Waals surface area contributed by atoms with Gasteiger partial charge >= 0.3 is 0 Å². The summed E-state index contributed by atoms with van der Waals surface area (Å²) in [5, 5.41) is 8.93. The monoisotopic (exact) mass is 472 g/mol. The molecule has 4 rings (SSSR count). The average molecular weight is 473 g/mol. The molecule has 0 saturated heterocycles. The second kappa shape index (κ2) is 10.0. The first-order valence-corrected chi connectivity index (χ1v) is 11.2. The van der Waals surface area contributed by atoms with E-state index in [-0.39, 0.29) is 5.91 Å². The fourth-order valence-electron chi connectivity index (χ4n) is 4.52. The van der Waals surface area contributed by atoms with Gasteiger partial charge in [0.25, 0.3) is 11.8 Å². The van der Waals surface area contributed by atoms with Crippen LogP contribution in [0.15, 0.2) is 61.2 Å². The van der Waals surface area contributed by atoms with Crippen LogP contribution in [0.5, 0.6) is 11.5 Å². The van der Waals surface area contributed by atoms with Gasteiger partial charge < -0.3 is 14.4 Å². The maximum atomic E-state index is 13.4. The highest BCUT2D eigenvalue weighted by Gasteiger charge is 2.25. The number of hydroxylamine groups is 1. The second-order valence-corrected chi connectivity index (χ2v) is 8.43. The van der Waals surface area contributed by atoms with Gasteiger partial charge in [-0.15, -0.1) is 0 Å². The van der Waals surface area contributed by atoms with Gasteiger partial charge in [0.15, 0.2) is 11.5 Å². The van der Waals surface area contributed by atoms with Crippen LogP contribution in [0, 0.1) is 6.92 Å². The zero-order valence-electron chi connectivity index (χ0n) is 20.1. The Morgan fingerprint density at radius 2 is 1.77 bits per heavy atom. The molecule has 0 unspecified atom stereocenters. The van der Waals surface area contributed by atoms with Crippen molar-refractivity contribution in [2.45, 2.75) is 19.9 Å². The smallest absolute Gasteiger partial charge is 0.274 e. The van der Waals surface area contributed by atoms with Crippen molar-refractivity contribution >= 4 is 17.4 Å². The van der Waals surface area contributed by atoms with Crippen molar-refractivity contribution in [2.24, 2.45) is 0 Å². The number of amides is 2. The molecule has 2 amide bonds. The maximum Gasteiger partial charge on any atom is 0.274 e. The zero-order chi connectivity index (χ0) is 25.1. The van der Waals surface area contributed by atoms with Gasteiger partial charge in [0.05, 0.1) is 14.2 Å². The number of carbonyl (C=O) groups is 2. The standard InChI is InChI=1S/C28H28N2O5/c1-17-23(6-5-7-24(17)20-10-11-25(34-3)26(15-20)35-4)18(2)28(32)30-13-12-19-8-9-21(27(31)29-33)14-22(19)16-30/h5-11,14-15,33H,2,12-13,16H2,1,3-4H3,(H,29,31). The number of hydrogen-bond acceptors (Lipinski definition) is 5. The van der Waals surface area contributed by atoms with Crippen molar-refractivity contribution in [3.8, 4) is 22.6 Å². The molecule has 3 aromatic rings. The molecule has 35 heavy (non-hydrogen) atoms. The highest BCUT2D eigenvalue weighted by molar-refractivity contribution is 6.19. The fourth-order valence-corrected chi connectivity index (χ4v) is 4.52. The van der Waals surface area contributed by atoms with Crippen LogP contribution < -0.4 is 15.0 Å². The lowest BCUT2D eigenvalue weighted by Gasteiger charge is -2.30. The Labute approximate surface area is 204 Å². The minimum atomic E-state index is -0.580. The maximum absolute atomic E-state index is 13.4. The molecule has 7 heteroatoms. The summed E-state index contributed by atoms with van der Waals surface area (Å²) in [6, 6.07) is 16.8. The Morgan fingerprint density at radius 1 is 1.00 bits per heavy atom. The van der Waals surface area contributed by atoms with Gasteiger partial charge in [-0.25, -0.2) is 5.48 Å². The number of benzene rings is 3. The van der Waals surface area contributed by atoms with Gasteiger partial charge in [0.1, 0.15) is 0 Å². The van der Waals surface area contributed by atoms with Crippen molar-refractivity contribution in [3.05, 3.63) is 89.0 Å². The molecular weight excluding hydrogens is 444 g/mol. The molecule has 7 nitrogen and oxygen atoms in total. The van der Waals surface area contributed by atoms with Crippen LogP contribution in [0.3, 0.4) is 0 Å². The van der Waals surface area contributed by atoms with Gasteiger partial charge in [-0.2, -0.15) is 0 Å². The number of carbonyl (C=O) groups excluding carboxylic acids is 2. The van der Waals surface area contributed by atoms with E-state index in [0.29, 0.717) is 42.1 Å². The first-order chi connectivity index (χ1) is 16.9. The van der Waals surface area contributed by atoms with Crippen molar-refractivity contribution in [2.75, 3.05) is 20.8 Å². The third kappa shape index (κ3) is 4.63. The van der Waals surface area contributed by atoms with E-state index in [4.69, 9.17) is 14.7 Å². The van der Waals surface area contributed by atoms with E-state index in [9.17, 15) is 9.59 Å². The summed E-state index contributed by atoms with van der Waals surface area (Å²) in [4.78, 5) is 27.0. The lowest BCUT2D eigenvalue weighted by Crippen LogP contribution is -2.36. The van der Waals surface area contributed by atoms with E-state index in [1.54, 1.807) is 36.7 Å². The van der Waals surface area contributed by atoms with Gasteiger partial charge in [-0.3, -0.25) is 14.8 Å². The Balaban J connectivity index is 1.60. The Bertz CT molecular complexity index is 1310. The number of ether oxygens (including phenoxy) is 2. The lowest BCUT2D eigenvalue weighted by molar-refractivity contribution is -0.125. The van der Waals surface area contributed by atoms with E-state index in [1.807, 2.05) is 49.4 Å². The highest BCUT2D eigenvalue weighted by Crippen LogP contribution is 2.36.